The second-order valence-electron chi connectivity index (χ2n) is 8.53. The Hall–Kier alpha value is -4.15. The number of hydrogen-bond acceptors (Lipinski definition) is 5. The highest BCUT2D eigenvalue weighted by Gasteiger charge is 2.35. The Morgan fingerprint density at radius 3 is 2.82 bits per heavy atom. The van der Waals surface area contributed by atoms with Crippen LogP contribution in [0, 0.1) is 17.1 Å². The first-order chi connectivity index (χ1) is 16.5. The molecule has 0 saturated carbocycles. The zero-order valence-corrected chi connectivity index (χ0v) is 18.5. The van der Waals surface area contributed by atoms with Gasteiger partial charge in [-0.15, -0.1) is 0 Å². The Kier molecular flexibility index (Phi) is 5.52. The molecule has 1 N–H and O–H groups in total. The van der Waals surface area contributed by atoms with Crippen molar-refractivity contribution >= 4 is 16.8 Å². The highest BCUT2D eigenvalue weighted by atomic mass is 19.1. The molecule has 1 aliphatic heterocycles. The SMILES string of the molecule is C[C@@]1(C#N)COCc2c(F)cc(C(=O)NCc3cc4nc(-c5ccccc5)ccc4cn3)cc21. The predicted octanol–water partition coefficient (Wildman–Crippen LogP) is 4.68. The average Bonchev–Trinajstić information content (AvgIpc) is 2.87. The number of rotatable bonds is 4. The normalized spacial score (nSPS) is 17.1. The highest BCUT2D eigenvalue weighted by molar-refractivity contribution is 5.94. The average molecular weight is 452 g/mol. The van der Waals surface area contributed by atoms with Gasteiger partial charge in [0.05, 0.1) is 42.7 Å². The Labute approximate surface area is 196 Å². The van der Waals surface area contributed by atoms with Crippen LogP contribution in [-0.2, 0) is 23.3 Å². The van der Waals surface area contributed by atoms with Crippen LogP contribution in [0.2, 0.25) is 0 Å². The summed E-state index contributed by atoms with van der Waals surface area (Å²) in [6.07, 6.45) is 1.72. The van der Waals surface area contributed by atoms with Crippen LogP contribution in [0.3, 0.4) is 0 Å². The molecule has 3 heterocycles. The summed E-state index contributed by atoms with van der Waals surface area (Å²) >= 11 is 0. The first-order valence-corrected chi connectivity index (χ1v) is 10.9. The van der Waals surface area contributed by atoms with Crippen LogP contribution in [0.4, 0.5) is 4.39 Å². The summed E-state index contributed by atoms with van der Waals surface area (Å²) in [5, 5.41) is 13.3. The van der Waals surface area contributed by atoms with Crippen LogP contribution in [-0.4, -0.2) is 22.5 Å². The summed E-state index contributed by atoms with van der Waals surface area (Å²) in [6.45, 7) is 2.07. The van der Waals surface area contributed by atoms with Gasteiger partial charge in [-0.1, -0.05) is 30.3 Å². The lowest BCUT2D eigenvalue weighted by Crippen LogP contribution is -2.33. The molecule has 0 saturated heterocycles. The summed E-state index contributed by atoms with van der Waals surface area (Å²) in [6, 6.07) is 20.6. The maximum absolute atomic E-state index is 14.7. The van der Waals surface area contributed by atoms with Gasteiger partial charge in [0.2, 0.25) is 0 Å². The number of nitriles is 1. The van der Waals surface area contributed by atoms with Crippen molar-refractivity contribution < 1.29 is 13.9 Å². The molecule has 6 nitrogen and oxygen atoms in total. The molecule has 2 aromatic heterocycles. The Morgan fingerprint density at radius 2 is 2.03 bits per heavy atom. The molecule has 4 aromatic rings. The maximum atomic E-state index is 14.7. The quantitative estimate of drug-likeness (QED) is 0.486. The molecule has 1 atom stereocenters. The van der Waals surface area contributed by atoms with Gasteiger partial charge in [0, 0.05) is 28.3 Å². The van der Waals surface area contributed by atoms with Crippen molar-refractivity contribution in [2.24, 2.45) is 0 Å². The van der Waals surface area contributed by atoms with E-state index in [1.807, 2.05) is 48.5 Å². The lowest BCUT2D eigenvalue weighted by atomic mass is 9.79. The van der Waals surface area contributed by atoms with Gasteiger partial charge in [-0.3, -0.25) is 9.78 Å². The van der Waals surface area contributed by atoms with Gasteiger partial charge >= 0.3 is 0 Å². The summed E-state index contributed by atoms with van der Waals surface area (Å²) in [5.41, 5.74) is 3.23. The van der Waals surface area contributed by atoms with Crippen molar-refractivity contribution in [3.05, 3.63) is 95.1 Å². The number of fused-ring (bicyclic) bond motifs is 2. The molecular weight excluding hydrogens is 431 g/mol. The van der Waals surface area contributed by atoms with Crippen molar-refractivity contribution in [1.29, 1.82) is 5.26 Å². The number of ether oxygens (including phenoxy) is 1. The van der Waals surface area contributed by atoms with Gasteiger partial charge in [-0.2, -0.15) is 5.26 Å². The molecule has 0 spiro atoms. The van der Waals surface area contributed by atoms with Crippen LogP contribution in [0.15, 0.2) is 66.9 Å². The van der Waals surface area contributed by atoms with E-state index in [2.05, 4.69) is 16.4 Å². The molecule has 0 fully saturated rings. The predicted molar refractivity (Wildman–Crippen MR) is 125 cm³/mol. The second kappa shape index (κ2) is 8.65. The van der Waals surface area contributed by atoms with Crippen LogP contribution in [0.1, 0.15) is 34.1 Å². The molecule has 0 bridgehead atoms. The molecule has 34 heavy (non-hydrogen) atoms. The molecule has 2 aromatic carbocycles. The molecule has 7 heteroatoms. The standard InChI is InChI=1S/C27H21FN4O2/c1-27(15-29)16-34-14-21-22(27)9-19(10-23(21)28)26(33)31-13-20-11-25-18(12-30-20)7-8-24(32-25)17-5-3-2-4-6-17/h2-12H,13-14,16H2,1H3,(H,31,33)/t27-/m1/s1. The Balaban J connectivity index is 1.37. The van der Waals surface area contributed by atoms with Gasteiger partial charge in [-0.05, 0) is 42.8 Å². The van der Waals surface area contributed by atoms with E-state index in [0.29, 0.717) is 16.8 Å². The smallest absolute Gasteiger partial charge is 0.251 e. The van der Waals surface area contributed by atoms with E-state index in [0.717, 1.165) is 22.2 Å². The van der Waals surface area contributed by atoms with E-state index in [1.54, 1.807) is 19.2 Å². The van der Waals surface area contributed by atoms with Gasteiger partial charge < -0.3 is 10.1 Å². The minimum Gasteiger partial charge on any atom is -0.375 e. The van der Waals surface area contributed by atoms with Crippen LogP contribution < -0.4 is 5.32 Å². The van der Waals surface area contributed by atoms with Crippen molar-refractivity contribution in [3.8, 4) is 17.3 Å². The van der Waals surface area contributed by atoms with Crippen LogP contribution in [0.5, 0.6) is 0 Å². The minimum absolute atomic E-state index is 0.0827. The van der Waals surface area contributed by atoms with E-state index in [4.69, 9.17) is 9.72 Å². The number of nitrogens with zero attached hydrogens (tertiary/aromatic N) is 3. The molecule has 0 unspecified atom stereocenters. The number of pyridine rings is 2. The third kappa shape index (κ3) is 4.00. The number of nitrogens with one attached hydrogen (secondary N) is 1. The van der Waals surface area contributed by atoms with E-state index >= 15 is 0 Å². The van der Waals surface area contributed by atoms with Gasteiger partial charge in [-0.25, -0.2) is 9.37 Å². The number of benzene rings is 2. The van der Waals surface area contributed by atoms with Gasteiger partial charge in [0.25, 0.3) is 5.91 Å². The largest absolute Gasteiger partial charge is 0.375 e. The van der Waals surface area contributed by atoms with Crippen molar-refractivity contribution in [1.82, 2.24) is 15.3 Å². The number of carbonyl (C=O) groups is 1. The first-order valence-electron chi connectivity index (χ1n) is 10.9. The first kappa shape index (κ1) is 21.7. The third-order valence-corrected chi connectivity index (χ3v) is 6.07. The Bertz CT molecular complexity index is 1450. The lowest BCUT2D eigenvalue weighted by molar-refractivity contribution is 0.0730. The number of carbonyl (C=O) groups excluding carboxylic acids is 1. The minimum atomic E-state index is -1.01. The second-order valence-corrected chi connectivity index (χ2v) is 8.53. The number of halogens is 1. The molecule has 0 radical (unpaired) electrons. The maximum Gasteiger partial charge on any atom is 0.251 e. The highest BCUT2D eigenvalue weighted by Crippen LogP contribution is 2.34. The molecule has 168 valence electrons. The molecule has 5 rings (SSSR count). The summed E-state index contributed by atoms with van der Waals surface area (Å²) in [4.78, 5) is 22.0. The molecule has 1 aliphatic rings. The number of aromatic nitrogens is 2. The fraction of sp³-hybridized carbons (Fsp3) is 0.185. The summed E-state index contributed by atoms with van der Waals surface area (Å²) in [7, 11) is 0. The molecule has 1 amide bonds. The topological polar surface area (TPSA) is 87.9 Å². The third-order valence-electron chi connectivity index (χ3n) is 6.07. The summed E-state index contributed by atoms with van der Waals surface area (Å²) < 4.78 is 20.1. The summed E-state index contributed by atoms with van der Waals surface area (Å²) in [5.74, 6) is -0.994. The number of hydrogen-bond donors (Lipinski definition) is 1. The number of amides is 1. The fourth-order valence-corrected chi connectivity index (χ4v) is 4.13. The van der Waals surface area contributed by atoms with Crippen molar-refractivity contribution in [2.45, 2.75) is 25.5 Å². The van der Waals surface area contributed by atoms with E-state index in [9.17, 15) is 14.4 Å². The van der Waals surface area contributed by atoms with Gasteiger partial charge in [0.1, 0.15) is 11.2 Å². The van der Waals surface area contributed by atoms with Crippen molar-refractivity contribution in [3.63, 3.8) is 0 Å². The lowest BCUT2D eigenvalue weighted by Gasteiger charge is -2.30. The van der Waals surface area contributed by atoms with Crippen LogP contribution in [0.25, 0.3) is 22.2 Å². The molecular formula is C27H21FN4O2. The van der Waals surface area contributed by atoms with E-state index in [1.165, 1.54) is 6.07 Å². The molecule has 0 aliphatic carbocycles. The monoisotopic (exact) mass is 452 g/mol. The fourth-order valence-electron chi connectivity index (χ4n) is 4.13. The van der Waals surface area contributed by atoms with Crippen LogP contribution >= 0.6 is 0 Å². The van der Waals surface area contributed by atoms with E-state index in [-0.39, 0.29) is 25.3 Å². The zero-order valence-electron chi connectivity index (χ0n) is 18.5. The van der Waals surface area contributed by atoms with E-state index < -0.39 is 17.1 Å². The van der Waals surface area contributed by atoms with Crippen molar-refractivity contribution in [2.75, 3.05) is 6.61 Å². The Morgan fingerprint density at radius 1 is 1.21 bits per heavy atom. The van der Waals surface area contributed by atoms with Gasteiger partial charge in [0.15, 0.2) is 0 Å². The zero-order chi connectivity index (χ0) is 23.7.